The Morgan fingerprint density at radius 2 is 1.61 bits per heavy atom. The summed E-state index contributed by atoms with van der Waals surface area (Å²) < 4.78 is 58.3. The van der Waals surface area contributed by atoms with Crippen molar-refractivity contribution < 1.29 is 36.7 Å². The quantitative estimate of drug-likeness (QED) is 0.357. The van der Waals surface area contributed by atoms with E-state index in [1.165, 1.54) is 17.0 Å². The summed E-state index contributed by atoms with van der Waals surface area (Å²) in [5.41, 5.74) is 1.03. The van der Waals surface area contributed by atoms with Gasteiger partial charge in [-0.1, -0.05) is 38.1 Å². The fourth-order valence-electron chi connectivity index (χ4n) is 4.01. The zero-order valence-corrected chi connectivity index (χ0v) is 21.5. The number of halogens is 4. The van der Waals surface area contributed by atoms with Crippen molar-refractivity contribution in [1.82, 2.24) is 15.3 Å². The molecule has 1 aliphatic heterocycles. The van der Waals surface area contributed by atoms with Gasteiger partial charge in [0.05, 0.1) is 13.2 Å². The fraction of sp³-hybridized carbons (Fsp3) is 0.481. The second-order valence-corrected chi connectivity index (χ2v) is 9.63. The summed E-state index contributed by atoms with van der Waals surface area (Å²) in [6.07, 6.45) is -3.36. The molecule has 3 rings (SSSR count). The molecule has 1 saturated heterocycles. The molecule has 1 heterocycles. The second-order valence-electron chi connectivity index (χ2n) is 9.63. The maximum Gasteiger partial charge on any atom is 0.493 e. The monoisotopic (exact) mass is 539 g/mol. The van der Waals surface area contributed by atoms with Crippen LogP contribution in [-0.4, -0.2) is 53.9 Å². The van der Waals surface area contributed by atoms with Gasteiger partial charge >= 0.3 is 18.2 Å². The molecule has 0 aromatic heterocycles. The van der Waals surface area contributed by atoms with Crippen molar-refractivity contribution >= 4 is 12.0 Å². The molecule has 0 saturated carbocycles. The highest BCUT2D eigenvalue weighted by molar-refractivity contribution is 5.79. The van der Waals surface area contributed by atoms with Crippen molar-refractivity contribution in [3.05, 3.63) is 65.5 Å². The predicted octanol–water partition coefficient (Wildman–Crippen LogP) is 5.45. The van der Waals surface area contributed by atoms with Gasteiger partial charge in [0.15, 0.2) is 0 Å². The van der Waals surface area contributed by atoms with Gasteiger partial charge in [0.1, 0.15) is 11.6 Å². The molecule has 2 aromatic carbocycles. The van der Waals surface area contributed by atoms with Crippen LogP contribution < -0.4 is 10.1 Å². The standard InChI is InChI=1S/C27H33F4N3O4/c1-19(2)18-37-24-11-7-20(8-12-24)16-33(23-4-3-14-32-15-13-23)26(36)34(38-25(35)27(29,30)31)17-21-5-9-22(28)10-6-21/h5-12,19,23,32H,3-4,13-18H2,1-2H3/t23-/m1/s1. The third-order valence-corrected chi connectivity index (χ3v) is 5.97. The van der Waals surface area contributed by atoms with Crippen LogP contribution in [0.2, 0.25) is 0 Å². The summed E-state index contributed by atoms with van der Waals surface area (Å²) in [6.45, 7) is 5.58. The van der Waals surface area contributed by atoms with E-state index in [0.29, 0.717) is 48.3 Å². The van der Waals surface area contributed by atoms with Crippen LogP contribution in [0.25, 0.3) is 0 Å². The molecule has 1 aliphatic rings. The van der Waals surface area contributed by atoms with Crippen LogP contribution in [0.1, 0.15) is 44.2 Å². The molecule has 0 bridgehead atoms. The Hall–Kier alpha value is -3.34. The summed E-state index contributed by atoms with van der Waals surface area (Å²) in [7, 11) is 0. The minimum Gasteiger partial charge on any atom is -0.493 e. The van der Waals surface area contributed by atoms with Crippen LogP contribution in [0.4, 0.5) is 22.4 Å². The molecule has 7 nitrogen and oxygen atoms in total. The van der Waals surface area contributed by atoms with Crippen LogP contribution in [0, 0.1) is 11.7 Å². The second kappa shape index (κ2) is 13.5. The van der Waals surface area contributed by atoms with E-state index in [1.807, 2.05) is 13.8 Å². The molecule has 1 N–H and O–H groups in total. The minimum absolute atomic E-state index is 0.0808. The smallest absolute Gasteiger partial charge is 0.493 e. The van der Waals surface area contributed by atoms with E-state index in [2.05, 4.69) is 10.2 Å². The summed E-state index contributed by atoms with van der Waals surface area (Å²) in [4.78, 5) is 31.5. The van der Waals surface area contributed by atoms with Crippen LogP contribution in [0.3, 0.4) is 0 Å². The van der Waals surface area contributed by atoms with E-state index >= 15 is 0 Å². The van der Waals surface area contributed by atoms with Gasteiger partial charge in [0, 0.05) is 12.6 Å². The number of ether oxygens (including phenoxy) is 1. The molecule has 0 radical (unpaired) electrons. The molecule has 0 unspecified atom stereocenters. The van der Waals surface area contributed by atoms with Crippen LogP contribution >= 0.6 is 0 Å². The average molecular weight is 540 g/mol. The molecular formula is C27H33F4N3O4. The molecule has 38 heavy (non-hydrogen) atoms. The average Bonchev–Trinajstić information content (AvgIpc) is 3.16. The number of nitrogens with one attached hydrogen (secondary N) is 1. The number of hydrogen-bond donors (Lipinski definition) is 1. The van der Waals surface area contributed by atoms with Gasteiger partial charge < -0.3 is 19.8 Å². The molecule has 0 spiro atoms. The molecule has 1 fully saturated rings. The number of hydroxylamine groups is 2. The number of hydrogen-bond acceptors (Lipinski definition) is 5. The topological polar surface area (TPSA) is 71.1 Å². The number of nitrogens with zero attached hydrogens (tertiary/aromatic N) is 2. The molecule has 0 aliphatic carbocycles. The number of amides is 2. The summed E-state index contributed by atoms with van der Waals surface area (Å²) in [6, 6.07) is 10.8. The van der Waals surface area contributed by atoms with Crippen molar-refractivity contribution in [2.75, 3.05) is 19.7 Å². The lowest BCUT2D eigenvalue weighted by Gasteiger charge is -2.35. The number of urea groups is 1. The van der Waals surface area contributed by atoms with Gasteiger partial charge in [-0.3, -0.25) is 0 Å². The van der Waals surface area contributed by atoms with E-state index in [4.69, 9.17) is 4.74 Å². The number of benzene rings is 2. The maximum atomic E-state index is 13.7. The predicted molar refractivity (Wildman–Crippen MR) is 132 cm³/mol. The highest BCUT2D eigenvalue weighted by Gasteiger charge is 2.44. The summed E-state index contributed by atoms with van der Waals surface area (Å²) in [5, 5.41) is 3.66. The number of carbonyl (C=O) groups is 2. The normalized spacial score (nSPS) is 16.0. The zero-order valence-electron chi connectivity index (χ0n) is 21.5. The van der Waals surface area contributed by atoms with Crippen molar-refractivity contribution in [2.24, 2.45) is 5.92 Å². The third kappa shape index (κ3) is 8.90. The van der Waals surface area contributed by atoms with Crippen molar-refractivity contribution in [2.45, 2.75) is 58.4 Å². The van der Waals surface area contributed by atoms with Gasteiger partial charge in [0.2, 0.25) is 0 Å². The Morgan fingerprint density at radius 3 is 2.24 bits per heavy atom. The van der Waals surface area contributed by atoms with E-state index in [1.54, 1.807) is 24.3 Å². The van der Waals surface area contributed by atoms with Gasteiger partial charge in [-0.2, -0.15) is 13.2 Å². The molecule has 208 valence electrons. The molecule has 2 amide bonds. The molecule has 2 aromatic rings. The summed E-state index contributed by atoms with van der Waals surface area (Å²) >= 11 is 0. The highest BCUT2D eigenvalue weighted by Crippen LogP contribution is 2.24. The van der Waals surface area contributed by atoms with E-state index in [-0.39, 0.29) is 12.6 Å². The first-order chi connectivity index (χ1) is 18.0. The Labute approximate surface area is 219 Å². The largest absolute Gasteiger partial charge is 0.493 e. The van der Waals surface area contributed by atoms with E-state index in [0.717, 1.165) is 30.7 Å². The lowest BCUT2D eigenvalue weighted by Crippen LogP contribution is -2.49. The van der Waals surface area contributed by atoms with Crippen LogP contribution in [0.15, 0.2) is 48.5 Å². The van der Waals surface area contributed by atoms with E-state index < -0.39 is 30.5 Å². The Kier molecular flexibility index (Phi) is 10.3. The Morgan fingerprint density at radius 1 is 0.974 bits per heavy atom. The van der Waals surface area contributed by atoms with Crippen LogP contribution in [0.5, 0.6) is 5.75 Å². The SMILES string of the molecule is CC(C)COc1ccc(CN(C(=O)N(Cc2ccc(F)cc2)OC(=O)C(F)(F)F)[C@@H]2CCCNCC2)cc1. The number of alkyl halides is 3. The van der Waals surface area contributed by atoms with Gasteiger partial charge in [-0.15, -0.1) is 5.06 Å². The van der Waals surface area contributed by atoms with Crippen molar-refractivity contribution in [3.63, 3.8) is 0 Å². The lowest BCUT2D eigenvalue weighted by molar-refractivity contribution is -0.231. The first-order valence-electron chi connectivity index (χ1n) is 12.6. The fourth-order valence-corrected chi connectivity index (χ4v) is 4.01. The number of carbonyl (C=O) groups excluding carboxylic acids is 2. The highest BCUT2D eigenvalue weighted by atomic mass is 19.4. The minimum atomic E-state index is -5.30. The summed E-state index contributed by atoms with van der Waals surface area (Å²) in [5.74, 6) is -2.05. The van der Waals surface area contributed by atoms with Gasteiger partial charge in [0.25, 0.3) is 0 Å². The van der Waals surface area contributed by atoms with Crippen LogP contribution in [-0.2, 0) is 22.7 Å². The number of rotatable bonds is 8. The first-order valence-corrected chi connectivity index (χ1v) is 12.6. The molecule has 1 atom stereocenters. The lowest BCUT2D eigenvalue weighted by atomic mass is 10.1. The van der Waals surface area contributed by atoms with E-state index in [9.17, 15) is 27.2 Å². The first kappa shape index (κ1) is 29.2. The van der Waals surface area contributed by atoms with Crippen molar-refractivity contribution in [3.8, 4) is 5.75 Å². The zero-order chi connectivity index (χ0) is 27.7. The van der Waals surface area contributed by atoms with Gasteiger partial charge in [-0.05, 0) is 73.7 Å². The van der Waals surface area contributed by atoms with Gasteiger partial charge in [-0.25, -0.2) is 14.0 Å². The Bertz CT molecular complexity index is 1040. The van der Waals surface area contributed by atoms with Crippen molar-refractivity contribution in [1.29, 1.82) is 0 Å². The molecule has 11 heteroatoms. The third-order valence-electron chi connectivity index (χ3n) is 5.97. The maximum absolute atomic E-state index is 13.7. The Balaban J connectivity index is 1.88. The molecular weight excluding hydrogens is 506 g/mol.